The van der Waals surface area contributed by atoms with Gasteiger partial charge in [0.05, 0.1) is 17.9 Å². The lowest BCUT2D eigenvalue weighted by Crippen LogP contribution is -2.52. The topological polar surface area (TPSA) is 42.6 Å². The number of ether oxygens (including phenoxy) is 1. The van der Waals surface area contributed by atoms with E-state index in [1.807, 2.05) is 18.2 Å². The zero-order chi connectivity index (χ0) is 18.9. The second-order valence-electron chi connectivity index (χ2n) is 9.49. The van der Waals surface area contributed by atoms with E-state index in [2.05, 4.69) is 54.2 Å². The Morgan fingerprint density at radius 2 is 1.76 bits per heavy atom. The van der Waals surface area contributed by atoms with Gasteiger partial charge in [-0.1, -0.05) is 48.1 Å². The number of furan rings is 1. The molecule has 0 spiro atoms. The Labute approximate surface area is 153 Å². The maximum absolute atomic E-state index is 10.1. The number of hydrogen-bond acceptors (Lipinski definition) is 3. The average molecular weight is 361 g/mol. The fraction of sp³-hybridized carbons (Fsp3) is 0.524. The van der Waals surface area contributed by atoms with Gasteiger partial charge in [0.2, 0.25) is 0 Å². The third-order valence-electron chi connectivity index (χ3n) is 4.37. The summed E-state index contributed by atoms with van der Waals surface area (Å²) in [6.45, 7) is 15.4. The second-order valence-corrected chi connectivity index (χ2v) is 13.7. The van der Waals surface area contributed by atoms with Crippen LogP contribution in [0.2, 0.25) is 12.6 Å². The molecule has 3 nitrogen and oxygen atoms in total. The Morgan fingerprint density at radius 1 is 1.08 bits per heavy atom. The van der Waals surface area contributed by atoms with Crippen LogP contribution in [0.5, 0.6) is 11.5 Å². The number of aromatic hydroxyl groups is 1. The summed E-state index contributed by atoms with van der Waals surface area (Å²) < 4.78 is 12.0. The lowest BCUT2D eigenvalue weighted by molar-refractivity contribution is 0.364. The molecule has 0 bridgehead atoms. The molecule has 0 radical (unpaired) electrons. The van der Waals surface area contributed by atoms with Crippen molar-refractivity contribution in [2.45, 2.75) is 59.5 Å². The van der Waals surface area contributed by atoms with Gasteiger partial charge in [-0.3, -0.25) is 0 Å². The van der Waals surface area contributed by atoms with Gasteiger partial charge < -0.3 is 14.3 Å². The van der Waals surface area contributed by atoms with E-state index < -0.39 is 8.07 Å². The smallest absolute Gasteiger partial charge is 0.171 e. The third kappa shape index (κ3) is 5.14. The Hall–Kier alpha value is -1.68. The molecule has 0 aliphatic carbocycles. The highest BCUT2D eigenvalue weighted by Crippen LogP contribution is 2.34. The van der Waals surface area contributed by atoms with Gasteiger partial charge >= 0.3 is 0 Å². The number of phenols is 1. The maximum atomic E-state index is 10.1. The molecule has 1 atom stereocenters. The van der Waals surface area contributed by atoms with Crippen LogP contribution in [0.3, 0.4) is 0 Å². The molecule has 1 N–H and O–H groups in total. The minimum Gasteiger partial charge on any atom is -0.508 e. The number of hydrogen-bond donors (Lipinski definition) is 1. The Bertz CT molecular complexity index is 693. The fourth-order valence-corrected chi connectivity index (χ4v) is 7.55. The van der Waals surface area contributed by atoms with Crippen LogP contribution in [0.15, 0.2) is 41.0 Å². The van der Waals surface area contributed by atoms with Crippen LogP contribution in [-0.4, -0.2) is 19.4 Å². The molecule has 0 fully saturated rings. The predicted octanol–water partition coefficient (Wildman–Crippen LogP) is 5.23. The quantitative estimate of drug-likeness (QED) is 0.742. The van der Waals surface area contributed by atoms with Crippen LogP contribution in [0.4, 0.5) is 0 Å². The minimum atomic E-state index is -1.92. The summed E-state index contributed by atoms with van der Waals surface area (Å²) >= 11 is 0. The first-order valence-corrected chi connectivity index (χ1v) is 11.8. The molecule has 0 aliphatic rings. The van der Waals surface area contributed by atoms with Crippen LogP contribution in [0.25, 0.3) is 0 Å². The highest BCUT2D eigenvalue weighted by atomic mass is 28.3. The van der Waals surface area contributed by atoms with Gasteiger partial charge in [0.15, 0.2) is 8.07 Å². The van der Waals surface area contributed by atoms with Gasteiger partial charge in [-0.15, -0.1) is 0 Å². The van der Waals surface area contributed by atoms with Gasteiger partial charge in [-0.25, -0.2) is 0 Å². The third-order valence-corrected chi connectivity index (χ3v) is 8.47. The van der Waals surface area contributed by atoms with E-state index in [1.54, 1.807) is 12.3 Å². The zero-order valence-corrected chi connectivity index (χ0v) is 17.6. The maximum Gasteiger partial charge on any atom is 0.171 e. The summed E-state index contributed by atoms with van der Waals surface area (Å²) in [7, 11) is -1.92. The second kappa shape index (κ2) is 6.91. The summed E-state index contributed by atoms with van der Waals surface area (Å²) in [5.74, 6) is 1.13. The van der Waals surface area contributed by atoms with E-state index in [0.29, 0.717) is 12.0 Å². The molecule has 0 saturated heterocycles. The first-order chi connectivity index (χ1) is 11.4. The number of phenolic OH excluding ortho intramolecular Hbond substituents is 1. The lowest BCUT2D eigenvalue weighted by Gasteiger charge is -2.32. The van der Waals surface area contributed by atoms with Crippen molar-refractivity contribution in [3.63, 3.8) is 0 Å². The van der Waals surface area contributed by atoms with Gasteiger partial charge in [0.1, 0.15) is 11.5 Å². The first kappa shape index (κ1) is 19.6. The van der Waals surface area contributed by atoms with Crippen molar-refractivity contribution in [1.82, 2.24) is 0 Å². The molecule has 0 amide bonds. The lowest BCUT2D eigenvalue weighted by atomic mass is 9.86. The van der Waals surface area contributed by atoms with Crippen molar-refractivity contribution in [2.24, 2.45) is 5.41 Å². The van der Waals surface area contributed by atoms with E-state index in [0.717, 1.165) is 22.7 Å². The zero-order valence-electron chi connectivity index (χ0n) is 16.6. The first-order valence-electron chi connectivity index (χ1n) is 8.91. The van der Waals surface area contributed by atoms with Crippen molar-refractivity contribution < 1.29 is 14.3 Å². The molecule has 1 heterocycles. The van der Waals surface area contributed by atoms with Crippen LogP contribution in [-0.2, 0) is 5.41 Å². The molecule has 2 rings (SSSR count). The van der Waals surface area contributed by atoms with Crippen molar-refractivity contribution in [3.05, 3.63) is 42.2 Å². The Balaban J connectivity index is 2.24. The molecular formula is C21H32O3Si. The monoisotopic (exact) mass is 360 g/mol. The van der Waals surface area contributed by atoms with Crippen LogP contribution in [0.1, 0.15) is 47.1 Å². The molecule has 138 valence electrons. The van der Waals surface area contributed by atoms with Crippen molar-refractivity contribution >= 4 is 13.5 Å². The van der Waals surface area contributed by atoms with Crippen molar-refractivity contribution in [1.29, 1.82) is 0 Å². The SMILES string of the molecule is CC(C)(C)C[Si](C)(COc1ccc(O)c(C(C)(C)C)c1)c1ccco1. The summed E-state index contributed by atoms with van der Waals surface area (Å²) in [5, 5.41) is 11.2. The summed E-state index contributed by atoms with van der Waals surface area (Å²) in [5.41, 5.74) is 0.987. The summed E-state index contributed by atoms with van der Waals surface area (Å²) in [4.78, 5) is 0. The van der Waals surface area contributed by atoms with Crippen LogP contribution < -0.4 is 10.1 Å². The highest BCUT2D eigenvalue weighted by molar-refractivity contribution is 6.90. The Kier molecular flexibility index (Phi) is 5.43. The van der Waals surface area contributed by atoms with Crippen LogP contribution >= 0.6 is 0 Å². The van der Waals surface area contributed by atoms with E-state index in [9.17, 15) is 5.11 Å². The fourth-order valence-electron chi connectivity index (χ4n) is 3.45. The number of rotatable bonds is 5. The van der Waals surface area contributed by atoms with E-state index in [4.69, 9.17) is 9.15 Å². The molecular weight excluding hydrogens is 328 g/mol. The van der Waals surface area contributed by atoms with Crippen molar-refractivity contribution in [2.75, 3.05) is 6.23 Å². The van der Waals surface area contributed by atoms with Gasteiger partial charge in [-0.2, -0.15) is 0 Å². The molecule has 0 saturated carbocycles. The molecule has 2 aromatic rings. The predicted molar refractivity (Wildman–Crippen MR) is 107 cm³/mol. The molecule has 1 unspecified atom stereocenters. The van der Waals surface area contributed by atoms with Crippen LogP contribution in [0, 0.1) is 5.41 Å². The standard InChI is InChI=1S/C21H32O3Si/c1-20(2,3)14-25(7,19-9-8-12-23-19)15-24-16-10-11-18(22)17(13-16)21(4,5)6/h8-13,22H,14-15H2,1-7H3. The summed E-state index contributed by atoms with van der Waals surface area (Å²) in [6, 6.07) is 10.7. The highest BCUT2D eigenvalue weighted by Gasteiger charge is 2.38. The number of benzene rings is 1. The van der Waals surface area contributed by atoms with E-state index in [1.165, 1.54) is 0 Å². The van der Waals surface area contributed by atoms with Gasteiger partial charge in [0.25, 0.3) is 0 Å². The van der Waals surface area contributed by atoms with E-state index in [-0.39, 0.29) is 10.8 Å². The van der Waals surface area contributed by atoms with E-state index >= 15 is 0 Å². The molecule has 1 aromatic heterocycles. The largest absolute Gasteiger partial charge is 0.508 e. The summed E-state index contributed by atoms with van der Waals surface area (Å²) in [6.07, 6.45) is 2.41. The molecule has 0 aliphatic heterocycles. The molecule has 25 heavy (non-hydrogen) atoms. The van der Waals surface area contributed by atoms with Gasteiger partial charge in [-0.05, 0) is 47.2 Å². The average Bonchev–Trinajstić information content (AvgIpc) is 2.98. The minimum absolute atomic E-state index is 0.128. The normalized spacial score (nSPS) is 15.0. The molecule has 1 aromatic carbocycles. The molecule has 4 heteroatoms. The Morgan fingerprint density at radius 3 is 2.28 bits per heavy atom. The van der Waals surface area contributed by atoms with Crippen molar-refractivity contribution in [3.8, 4) is 11.5 Å². The van der Waals surface area contributed by atoms with Gasteiger partial charge in [0, 0.05) is 5.56 Å².